The van der Waals surface area contributed by atoms with E-state index in [1.807, 2.05) is 0 Å². The second kappa shape index (κ2) is 4.44. The fraction of sp³-hybridized carbons (Fsp3) is 0.600. The fourth-order valence-corrected chi connectivity index (χ4v) is 1.99. The van der Waals surface area contributed by atoms with Crippen molar-refractivity contribution in [2.45, 2.75) is 31.7 Å². The molecule has 1 aliphatic heterocycles. The van der Waals surface area contributed by atoms with Gasteiger partial charge in [0.05, 0.1) is 0 Å². The van der Waals surface area contributed by atoms with Gasteiger partial charge in [0.15, 0.2) is 0 Å². The molecule has 0 radical (unpaired) electrons. The summed E-state index contributed by atoms with van der Waals surface area (Å²) in [6, 6.07) is 1.99. The van der Waals surface area contributed by atoms with Crippen LogP contribution in [-0.4, -0.2) is 22.6 Å². The highest BCUT2D eigenvalue weighted by Crippen LogP contribution is 2.10. The van der Waals surface area contributed by atoms with Gasteiger partial charge in [-0.1, -0.05) is 0 Å². The molecule has 3 N–H and O–H groups in total. The molecule has 2 heterocycles. The van der Waals surface area contributed by atoms with Gasteiger partial charge in [-0.2, -0.15) is 0 Å². The highest BCUT2D eigenvalue weighted by atomic mass is 16.2. The summed E-state index contributed by atoms with van der Waals surface area (Å²) in [4.78, 5) is 26.8. The summed E-state index contributed by atoms with van der Waals surface area (Å²) in [6.45, 7) is 1.08. The minimum Gasteiger partial charge on any atom is -0.314 e. The second-order valence-corrected chi connectivity index (χ2v) is 3.94. The van der Waals surface area contributed by atoms with E-state index in [1.54, 1.807) is 0 Å². The second-order valence-electron chi connectivity index (χ2n) is 3.94. The van der Waals surface area contributed by atoms with Crippen molar-refractivity contribution in [1.29, 1.82) is 0 Å². The van der Waals surface area contributed by atoms with E-state index >= 15 is 0 Å². The zero-order valence-electron chi connectivity index (χ0n) is 8.51. The molecule has 1 aromatic heterocycles. The third-order valence-corrected chi connectivity index (χ3v) is 2.74. The molecule has 1 fully saturated rings. The lowest BCUT2D eigenvalue weighted by Gasteiger charge is -2.08. The third-order valence-electron chi connectivity index (χ3n) is 2.74. The molecule has 1 saturated heterocycles. The van der Waals surface area contributed by atoms with Gasteiger partial charge in [-0.15, -0.1) is 0 Å². The van der Waals surface area contributed by atoms with Crippen LogP contribution >= 0.6 is 0 Å². The summed E-state index contributed by atoms with van der Waals surface area (Å²) >= 11 is 0. The van der Waals surface area contributed by atoms with Crippen LogP contribution in [0.3, 0.4) is 0 Å². The Morgan fingerprint density at radius 3 is 2.87 bits per heavy atom. The number of aryl methyl sites for hydroxylation is 1. The minimum atomic E-state index is -0.420. The molecular formula is C10H15N3O2. The van der Waals surface area contributed by atoms with E-state index in [-0.39, 0.29) is 5.56 Å². The van der Waals surface area contributed by atoms with E-state index in [0.29, 0.717) is 6.04 Å². The average molecular weight is 209 g/mol. The van der Waals surface area contributed by atoms with Crippen LogP contribution in [0.4, 0.5) is 0 Å². The molecule has 0 aromatic carbocycles. The summed E-state index contributed by atoms with van der Waals surface area (Å²) in [5.41, 5.74) is -0.0255. The topological polar surface area (TPSA) is 77.8 Å². The molecule has 1 atom stereocenters. The fourth-order valence-electron chi connectivity index (χ4n) is 1.99. The summed E-state index contributed by atoms with van der Waals surface area (Å²) < 4.78 is 0. The molecule has 5 nitrogen and oxygen atoms in total. The van der Waals surface area contributed by atoms with Gasteiger partial charge >= 0.3 is 5.69 Å². The predicted octanol–water partition coefficient (Wildman–Crippen LogP) is -0.252. The first-order chi connectivity index (χ1) is 7.24. The normalized spacial score (nSPS) is 20.7. The van der Waals surface area contributed by atoms with Crippen molar-refractivity contribution in [3.8, 4) is 0 Å². The van der Waals surface area contributed by atoms with Gasteiger partial charge in [0, 0.05) is 17.8 Å². The molecule has 0 spiro atoms. The SMILES string of the molecule is O=c1cc(CCC2CCCN2)[nH]c(=O)[nH]1. The zero-order chi connectivity index (χ0) is 10.7. The van der Waals surface area contributed by atoms with Crippen LogP contribution in [-0.2, 0) is 6.42 Å². The summed E-state index contributed by atoms with van der Waals surface area (Å²) in [6.07, 6.45) is 4.13. The van der Waals surface area contributed by atoms with Crippen LogP contribution < -0.4 is 16.6 Å². The van der Waals surface area contributed by atoms with Crippen LogP contribution in [0.2, 0.25) is 0 Å². The van der Waals surface area contributed by atoms with E-state index in [9.17, 15) is 9.59 Å². The van der Waals surface area contributed by atoms with Crippen molar-refractivity contribution in [2.24, 2.45) is 0 Å². The lowest BCUT2D eigenvalue weighted by Crippen LogP contribution is -2.25. The Morgan fingerprint density at radius 2 is 2.20 bits per heavy atom. The molecule has 2 rings (SSSR count). The molecule has 5 heteroatoms. The van der Waals surface area contributed by atoms with Gasteiger partial charge in [0.1, 0.15) is 0 Å². The van der Waals surface area contributed by atoms with Crippen molar-refractivity contribution in [3.63, 3.8) is 0 Å². The Hall–Kier alpha value is -1.36. The van der Waals surface area contributed by atoms with Gasteiger partial charge in [0.2, 0.25) is 0 Å². The summed E-state index contributed by atoms with van der Waals surface area (Å²) in [5.74, 6) is 0. The number of rotatable bonds is 3. The lowest BCUT2D eigenvalue weighted by atomic mass is 10.1. The number of hydrogen-bond acceptors (Lipinski definition) is 3. The Morgan fingerprint density at radius 1 is 1.33 bits per heavy atom. The van der Waals surface area contributed by atoms with Crippen molar-refractivity contribution >= 4 is 0 Å². The maximum atomic E-state index is 11.0. The maximum absolute atomic E-state index is 11.0. The molecule has 0 bridgehead atoms. The predicted molar refractivity (Wildman–Crippen MR) is 57.0 cm³/mol. The molecule has 0 saturated carbocycles. The molecule has 0 aliphatic carbocycles. The van der Waals surface area contributed by atoms with E-state index in [0.717, 1.165) is 25.1 Å². The van der Waals surface area contributed by atoms with E-state index in [4.69, 9.17) is 0 Å². The maximum Gasteiger partial charge on any atom is 0.325 e. The van der Waals surface area contributed by atoms with Crippen molar-refractivity contribution in [1.82, 2.24) is 15.3 Å². The molecule has 1 aromatic rings. The number of nitrogens with one attached hydrogen (secondary N) is 3. The van der Waals surface area contributed by atoms with Crippen molar-refractivity contribution in [2.75, 3.05) is 6.54 Å². The van der Waals surface area contributed by atoms with Crippen LogP contribution in [0.15, 0.2) is 15.7 Å². The standard InChI is InChI=1S/C10H15N3O2/c14-9-6-8(12-10(15)13-9)4-3-7-2-1-5-11-7/h6-7,11H,1-5H2,(H2,12,13,14,15). The monoisotopic (exact) mass is 209 g/mol. The van der Waals surface area contributed by atoms with Gasteiger partial charge < -0.3 is 10.3 Å². The van der Waals surface area contributed by atoms with Gasteiger partial charge in [-0.3, -0.25) is 9.78 Å². The molecule has 1 unspecified atom stereocenters. The third kappa shape index (κ3) is 2.79. The van der Waals surface area contributed by atoms with Crippen LogP contribution in [0.25, 0.3) is 0 Å². The van der Waals surface area contributed by atoms with Crippen molar-refractivity contribution in [3.05, 3.63) is 32.6 Å². The first-order valence-corrected chi connectivity index (χ1v) is 5.30. The highest BCUT2D eigenvalue weighted by Gasteiger charge is 2.13. The average Bonchev–Trinajstić information content (AvgIpc) is 2.65. The van der Waals surface area contributed by atoms with Crippen LogP contribution in [0.5, 0.6) is 0 Å². The number of hydrogen-bond donors (Lipinski definition) is 3. The van der Waals surface area contributed by atoms with Gasteiger partial charge in [-0.05, 0) is 32.2 Å². The zero-order valence-corrected chi connectivity index (χ0v) is 8.51. The Kier molecular flexibility index (Phi) is 3.01. The Labute approximate surface area is 86.9 Å². The Balaban J connectivity index is 1.98. The van der Waals surface area contributed by atoms with E-state index in [1.165, 1.54) is 18.9 Å². The van der Waals surface area contributed by atoms with Gasteiger partial charge in [0.25, 0.3) is 5.56 Å². The molecule has 1 aliphatic rings. The largest absolute Gasteiger partial charge is 0.325 e. The van der Waals surface area contributed by atoms with Gasteiger partial charge in [-0.25, -0.2) is 4.79 Å². The molecular weight excluding hydrogens is 194 g/mol. The molecule has 15 heavy (non-hydrogen) atoms. The van der Waals surface area contributed by atoms with E-state index < -0.39 is 5.69 Å². The highest BCUT2D eigenvalue weighted by molar-refractivity contribution is 4.99. The summed E-state index contributed by atoms with van der Waals surface area (Å²) in [7, 11) is 0. The quantitative estimate of drug-likeness (QED) is 0.642. The van der Waals surface area contributed by atoms with Crippen LogP contribution in [0.1, 0.15) is 25.0 Å². The molecule has 0 amide bonds. The summed E-state index contributed by atoms with van der Waals surface area (Å²) in [5, 5.41) is 3.38. The van der Waals surface area contributed by atoms with E-state index in [2.05, 4.69) is 15.3 Å². The molecule has 82 valence electrons. The first kappa shape index (κ1) is 10.2. The number of H-pyrrole nitrogens is 2. The first-order valence-electron chi connectivity index (χ1n) is 5.30. The smallest absolute Gasteiger partial charge is 0.314 e. The Bertz CT molecular complexity index is 401. The number of aromatic amines is 2. The van der Waals surface area contributed by atoms with Crippen LogP contribution in [0, 0.1) is 0 Å². The number of aromatic nitrogens is 2. The van der Waals surface area contributed by atoms with Crippen molar-refractivity contribution < 1.29 is 0 Å². The minimum absolute atomic E-state index is 0.326. The lowest BCUT2D eigenvalue weighted by molar-refractivity contribution is 0.554.